The summed E-state index contributed by atoms with van der Waals surface area (Å²) < 4.78 is 25.1. The van der Waals surface area contributed by atoms with E-state index in [0.29, 0.717) is 18.6 Å². The number of rotatable bonds is 11. The summed E-state index contributed by atoms with van der Waals surface area (Å²) in [6.07, 6.45) is -0.442. The fourth-order valence-corrected chi connectivity index (χ4v) is 7.05. The highest BCUT2D eigenvalue weighted by Crippen LogP contribution is 2.40. The molecule has 0 aromatic heterocycles. The van der Waals surface area contributed by atoms with Crippen LogP contribution in [0.1, 0.15) is 58.1 Å². The summed E-state index contributed by atoms with van der Waals surface area (Å²) in [4.78, 5) is 55.6. The molecule has 2 aromatic carbocycles. The van der Waals surface area contributed by atoms with E-state index in [1.165, 1.54) is 11.8 Å². The minimum atomic E-state index is -0.983. The van der Waals surface area contributed by atoms with Gasteiger partial charge in [0.25, 0.3) is 0 Å². The number of benzene rings is 2. The second-order valence-electron chi connectivity index (χ2n) is 14.0. The number of fused-ring (bicyclic) bond motifs is 1. The monoisotopic (exact) mass is 710 g/mol. The first-order chi connectivity index (χ1) is 23.9. The van der Waals surface area contributed by atoms with Gasteiger partial charge in [-0.2, -0.15) is 11.8 Å². The van der Waals surface area contributed by atoms with Gasteiger partial charge in [-0.25, -0.2) is 0 Å². The van der Waals surface area contributed by atoms with Gasteiger partial charge in [0.15, 0.2) is 12.1 Å². The van der Waals surface area contributed by atoms with Gasteiger partial charge in [0.2, 0.25) is 23.6 Å². The Morgan fingerprint density at radius 1 is 0.800 bits per heavy atom. The lowest BCUT2D eigenvalue weighted by Gasteiger charge is -2.32. The number of hydrogen-bond acceptors (Lipinski definition) is 9. The molecule has 3 heterocycles. The number of amides is 4. The summed E-state index contributed by atoms with van der Waals surface area (Å²) in [5.74, 6) is -2.19. The zero-order valence-corrected chi connectivity index (χ0v) is 30.2. The van der Waals surface area contributed by atoms with Crippen LogP contribution >= 0.6 is 11.8 Å². The molecule has 4 N–H and O–H groups in total. The van der Waals surface area contributed by atoms with Crippen molar-refractivity contribution in [2.45, 2.75) is 115 Å². The smallest absolute Gasteiger partial charge is 0.243 e. The van der Waals surface area contributed by atoms with Gasteiger partial charge >= 0.3 is 0 Å². The van der Waals surface area contributed by atoms with Crippen LogP contribution in [0.5, 0.6) is 0 Å². The predicted octanol–water partition coefficient (Wildman–Crippen LogP) is 2.83. The van der Waals surface area contributed by atoms with Crippen molar-refractivity contribution in [1.29, 1.82) is 0 Å². The first-order valence-corrected chi connectivity index (χ1v) is 18.7. The van der Waals surface area contributed by atoms with Gasteiger partial charge < -0.3 is 40.2 Å². The van der Waals surface area contributed by atoms with Crippen molar-refractivity contribution < 1.29 is 38.1 Å². The molecule has 3 aliphatic rings. The molecule has 12 nitrogen and oxygen atoms in total. The van der Waals surface area contributed by atoms with E-state index in [2.05, 4.69) is 21.3 Å². The molecule has 3 aliphatic heterocycles. The van der Waals surface area contributed by atoms with E-state index in [1.807, 2.05) is 80.8 Å². The zero-order valence-electron chi connectivity index (χ0n) is 29.4. The molecular weight excluding hydrogens is 660 g/mol. The molecule has 0 unspecified atom stereocenters. The summed E-state index contributed by atoms with van der Waals surface area (Å²) >= 11 is 1.54. The summed E-state index contributed by atoms with van der Waals surface area (Å²) in [7, 11) is 0. The standard InChI is InChI=1S/C37H50N4O8S/c1-22(2)18-27-34(44)41-28(19-23-12-8-6-9-13-23)35(45)39-25(16-17-50-5)33(43)40-26(20-29(42)38-27)30-31(46-21-24-14-10-7-11-15-24)32-36(47-30)49-37(3,4)48-32/h6-15,22,25-28,30-32,36H,16-21H2,1-5H3,(H,38,42)(H,39,45)(H,40,43)(H,41,44)/t25-,26+,27-,28-,30+,31-,32+,36+/m0/s1. The Kier molecular flexibility index (Phi) is 12.9. The fraction of sp³-hybridized carbons (Fsp3) is 0.568. The third-order valence-corrected chi connectivity index (χ3v) is 9.60. The Bertz CT molecular complexity index is 1460. The van der Waals surface area contributed by atoms with Crippen molar-refractivity contribution >= 4 is 35.4 Å². The number of ether oxygens (including phenoxy) is 4. The van der Waals surface area contributed by atoms with E-state index < -0.39 is 78.2 Å². The SMILES string of the molecule is CSCC[C@@H]1NC(=O)[C@H](Cc2ccccc2)NC(=O)[C@H](CC(C)C)NC(=O)C[C@H]([C@H]2O[C@@H]3OC(C)(C)O[C@@H]3[C@H]2OCc2ccccc2)NC1=O. The molecule has 5 rings (SSSR count). The lowest BCUT2D eigenvalue weighted by molar-refractivity contribution is -0.222. The van der Waals surface area contributed by atoms with E-state index in [-0.39, 0.29) is 25.4 Å². The lowest BCUT2D eigenvalue weighted by atomic mass is 9.98. The van der Waals surface area contributed by atoms with Crippen molar-refractivity contribution in [3.8, 4) is 0 Å². The highest BCUT2D eigenvalue weighted by atomic mass is 32.2. The maximum absolute atomic E-state index is 14.1. The molecule has 0 aliphatic carbocycles. The van der Waals surface area contributed by atoms with Crippen LogP contribution in [-0.2, 0) is 51.2 Å². The Hall–Kier alpha value is -3.49. The van der Waals surface area contributed by atoms with E-state index in [9.17, 15) is 19.2 Å². The van der Waals surface area contributed by atoms with E-state index in [0.717, 1.165) is 11.1 Å². The molecule has 0 spiro atoms. The highest BCUT2D eigenvalue weighted by Gasteiger charge is 2.57. The van der Waals surface area contributed by atoms with Crippen LogP contribution in [-0.4, -0.2) is 90.2 Å². The second kappa shape index (κ2) is 17.1. The van der Waals surface area contributed by atoms with Crippen LogP contribution in [0.4, 0.5) is 0 Å². The van der Waals surface area contributed by atoms with Crippen molar-refractivity contribution in [2.75, 3.05) is 12.0 Å². The Labute approximate surface area is 298 Å². The summed E-state index contributed by atoms with van der Waals surface area (Å²) in [5.41, 5.74) is 1.77. The lowest BCUT2D eigenvalue weighted by Crippen LogP contribution is -2.58. The van der Waals surface area contributed by atoms with Crippen LogP contribution in [0, 0.1) is 5.92 Å². The molecule has 0 radical (unpaired) electrons. The zero-order chi connectivity index (χ0) is 35.8. The first-order valence-electron chi connectivity index (χ1n) is 17.3. The average Bonchev–Trinajstić information content (AvgIpc) is 3.56. The maximum Gasteiger partial charge on any atom is 0.243 e. The normalized spacial score (nSPS) is 30.3. The van der Waals surface area contributed by atoms with Gasteiger partial charge in [-0.3, -0.25) is 19.2 Å². The van der Waals surface area contributed by atoms with E-state index in [1.54, 1.807) is 13.8 Å². The molecule has 0 saturated carbocycles. The second-order valence-corrected chi connectivity index (χ2v) is 15.0. The molecule has 3 saturated heterocycles. The minimum absolute atomic E-state index is 0.0560. The van der Waals surface area contributed by atoms with Gasteiger partial charge in [-0.05, 0) is 55.7 Å². The minimum Gasteiger partial charge on any atom is -0.368 e. The summed E-state index contributed by atoms with van der Waals surface area (Å²) in [6, 6.07) is 15.2. The molecule has 4 amide bonds. The van der Waals surface area contributed by atoms with E-state index in [4.69, 9.17) is 18.9 Å². The average molecular weight is 711 g/mol. The number of nitrogens with one attached hydrogen (secondary N) is 4. The fourth-order valence-electron chi connectivity index (χ4n) is 6.58. The molecule has 13 heteroatoms. The number of thioether (sulfide) groups is 1. The van der Waals surface area contributed by atoms with Crippen molar-refractivity contribution in [1.82, 2.24) is 21.3 Å². The van der Waals surface area contributed by atoms with Gasteiger partial charge in [0, 0.05) is 12.8 Å². The largest absolute Gasteiger partial charge is 0.368 e. The van der Waals surface area contributed by atoms with Crippen molar-refractivity contribution in [3.63, 3.8) is 0 Å². The van der Waals surface area contributed by atoms with Crippen molar-refractivity contribution in [2.24, 2.45) is 5.92 Å². The quantitative estimate of drug-likeness (QED) is 0.276. The predicted molar refractivity (Wildman–Crippen MR) is 189 cm³/mol. The van der Waals surface area contributed by atoms with Gasteiger partial charge in [-0.15, -0.1) is 0 Å². The number of hydrogen-bond donors (Lipinski definition) is 4. The molecular formula is C37H50N4O8S. The Morgan fingerprint density at radius 2 is 1.42 bits per heavy atom. The van der Waals surface area contributed by atoms with Crippen molar-refractivity contribution in [3.05, 3.63) is 71.8 Å². The third kappa shape index (κ3) is 10.1. The molecule has 0 bridgehead atoms. The number of carbonyl (C=O) groups is 4. The number of carbonyl (C=O) groups excluding carboxylic acids is 4. The van der Waals surface area contributed by atoms with Crippen LogP contribution in [0.25, 0.3) is 0 Å². The van der Waals surface area contributed by atoms with Crippen LogP contribution in [0.2, 0.25) is 0 Å². The highest BCUT2D eigenvalue weighted by molar-refractivity contribution is 7.98. The van der Waals surface area contributed by atoms with Crippen LogP contribution in [0.3, 0.4) is 0 Å². The molecule has 3 fully saturated rings. The first kappa shape index (κ1) is 37.8. The Balaban J connectivity index is 1.47. The topological polar surface area (TPSA) is 153 Å². The van der Waals surface area contributed by atoms with Crippen LogP contribution < -0.4 is 21.3 Å². The van der Waals surface area contributed by atoms with Gasteiger partial charge in [0.05, 0.1) is 12.6 Å². The van der Waals surface area contributed by atoms with Gasteiger partial charge in [0.1, 0.15) is 36.4 Å². The maximum atomic E-state index is 14.1. The molecule has 8 atom stereocenters. The molecule has 2 aromatic rings. The Morgan fingerprint density at radius 3 is 2.08 bits per heavy atom. The van der Waals surface area contributed by atoms with Crippen LogP contribution in [0.15, 0.2) is 60.7 Å². The van der Waals surface area contributed by atoms with E-state index >= 15 is 0 Å². The van der Waals surface area contributed by atoms with Gasteiger partial charge in [-0.1, -0.05) is 74.5 Å². The summed E-state index contributed by atoms with van der Waals surface area (Å²) in [5, 5.41) is 11.7. The summed E-state index contributed by atoms with van der Waals surface area (Å²) in [6.45, 7) is 7.72. The molecule has 50 heavy (non-hydrogen) atoms. The molecule has 272 valence electrons. The third-order valence-electron chi connectivity index (χ3n) is 8.96.